The van der Waals surface area contributed by atoms with Gasteiger partial charge in [0.05, 0.1) is 0 Å². The standard InChI is InChI=1S/C23H26O5/c1-5-25-22(4)17-13-9-10-14-18(17)23(26-6-2,16-12-8-7-11-15(16)3)20-19(22)27-21(24)28-20/h7-14,19-20H,5-6H2,1-4H3/t19-,20+,22+,23-/m0/s1. The van der Waals surface area contributed by atoms with Crippen molar-refractivity contribution in [1.82, 2.24) is 0 Å². The number of hydrogen-bond acceptors (Lipinski definition) is 5. The molecule has 0 aromatic heterocycles. The van der Waals surface area contributed by atoms with Crippen LogP contribution in [0.3, 0.4) is 0 Å². The molecule has 1 heterocycles. The van der Waals surface area contributed by atoms with Crippen molar-refractivity contribution in [1.29, 1.82) is 0 Å². The molecule has 5 nitrogen and oxygen atoms in total. The molecule has 28 heavy (non-hydrogen) atoms. The van der Waals surface area contributed by atoms with E-state index in [2.05, 4.69) is 0 Å². The predicted molar refractivity (Wildman–Crippen MR) is 104 cm³/mol. The Morgan fingerprint density at radius 3 is 2.07 bits per heavy atom. The summed E-state index contributed by atoms with van der Waals surface area (Å²) in [6.45, 7) is 8.83. The van der Waals surface area contributed by atoms with Gasteiger partial charge in [0, 0.05) is 13.2 Å². The van der Waals surface area contributed by atoms with Gasteiger partial charge in [-0.25, -0.2) is 4.79 Å². The van der Waals surface area contributed by atoms with E-state index in [1.54, 1.807) is 0 Å². The van der Waals surface area contributed by atoms with E-state index < -0.39 is 29.6 Å². The smallest absolute Gasteiger partial charge is 0.423 e. The van der Waals surface area contributed by atoms with Gasteiger partial charge >= 0.3 is 6.16 Å². The number of carbonyl (C=O) groups is 1. The van der Waals surface area contributed by atoms with Crippen LogP contribution in [0.15, 0.2) is 48.5 Å². The number of ether oxygens (including phenoxy) is 4. The van der Waals surface area contributed by atoms with Gasteiger partial charge in [0.15, 0.2) is 17.8 Å². The Morgan fingerprint density at radius 1 is 0.857 bits per heavy atom. The average molecular weight is 382 g/mol. The zero-order valence-electron chi connectivity index (χ0n) is 16.7. The van der Waals surface area contributed by atoms with Gasteiger partial charge in [0.2, 0.25) is 0 Å². The Bertz CT molecular complexity index is 894. The third-order valence-electron chi connectivity index (χ3n) is 5.89. The first kappa shape index (κ1) is 19.0. The zero-order valence-corrected chi connectivity index (χ0v) is 16.7. The minimum absolute atomic E-state index is 0.453. The van der Waals surface area contributed by atoms with E-state index in [1.807, 2.05) is 76.2 Å². The molecule has 0 unspecified atom stereocenters. The van der Waals surface area contributed by atoms with Crippen LogP contribution in [0.4, 0.5) is 4.79 Å². The summed E-state index contributed by atoms with van der Waals surface area (Å²) >= 11 is 0. The van der Waals surface area contributed by atoms with Gasteiger partial charge in [-0.3, -0.25) is 0 Å². The minimum atomic E-state index is -0.968. The van der Waals surface area contributed by atoms with Gasteiger partial charge in [0.25, 0.3) is 0 Å². The molecule has 1 saturated heterocycles. The number of hydrogen-bond donors (Lipinski definition) is 0. The first-order valence-electron chi connectivity index (χ1n) is 9.80. The molecule has 0 spiro atoms. The monoisotopic (exact) mass is 382 g/mol. The molecule has 0 saturated carbocycles. The molecule has 1 fully saturated rings. The van der Waals surface area contributed by atoms with Gasteiger partial charge < -0.3 is 18.9 Å². The number of fused-ring (bicyclic) bond motifs is 2. The molecular formula is C23H26O5. The molecule has 2 aromatic carbocycles. The van der Waals surface area contributed by atoms with E-state index in [4.69, 9.17) is 18.9 Å². The summed E-state index contributed by atoms with van der Waals surface area (Å²) < 4.78 is 24.1. The maximum Gasteiger partial charge on any atom is 0.509 e. The molecular weight excluding hydrogens is 356 g/mol. The molecule has 0 bridgehead atoms. The van der Waals surface area contributed by atoms with E-state index in [1.165, 1.54) is 0 Å². The number of benzene rings is 2. The molecule has 2 aliphatic rings. The van der Waals surface area contributed by atoms with E-state index in [9.17, 15) is 4.79 Å². The summed E-state index contributed by atoms with van der Waals surface area (Å²) in [5.41, 5.74) is 2.13. The SMILES string of the molecule is CCO[C@@]1(c2ccccc2C)c2ccccc2[C@@](C)(OCC)[C@H]2OC(=O)O[C@H]21. The first-order chi connectivity index (χ1) is 13.5. The van der Waals surface area contributed by atoms with Crippen molar-refractivity contribution in [3.8, 4) is 0 Å². The van der Waals surface area contributed by atoms with Gasteiger partial charge in [-0.2, -0.15) is 0 Å². The molecule has 0 amide bonds. The molecule has 2 aromatic rings. The average Bonchev–Trinajstić information content (AvgIpc) is 3.09. The lowest BCUT2D eigenvalue weighted by molar-refractivity contribution is -0.178. The predicted octanol–water partition coefficient (Wildman–Crippen LogP) is 4.44. The summed E-state index contributed by atoms with van der Waals surface area (Å²) in [7, 11) is 0. The van der Waals surface area contributed by atoms with Crippen molar-refractivity contribution in [3.63, 3.8) is 0 Å². The van der Waals surface area contributed by atoms with Crippen LogP contribution in [0.5, 0.6) is 0 Å². The third-order valence-corrected chi connectivity index (χ3v) is 5.89. The summed E-state index contributed by atoms with van der Waals surface area (Å²) in [6.07, 6.45) is -1.97. The molecule has 0 radical (unpaired) electrons. The molecule has 4 rings (SSSR count). The van der Waals surface area contributed by atoms with E-state index >= 15 is 0 Å². The number of aryl methyl sites for hydroxylation is 1. The van der Waals surface area contributed by atoms with E-state index in [-0.39, 0.29) is 0 Å². The van der Waals surface area contributed by atoms with Crippen LogP contribution < -0.4 is 0 Å². The van der Waals surface area contributed by atoms with Crippen LogP contribution >= 0.6 is 0 Å². The van der Waals surface area contributed by atoms with Crippen LogP contribution in [-0.2, 0) is 30.1 Å². The largest absolute Gasteiger partial charge is 0.509 e. The summed E-state index contributed by atoms with van der Waals surface area (Å²) in [4.78, 5) is 12.3. The van der Waals surface area contributed by atoms with Crippen LogP contribution in [0.1, 0.15) is 43.0 Å². The number of rotatable bonds is 5. The molecule has 5 heteroatoms. The fraction of sp³-hybridized carbons (Fsp3) is 0.435. The van der Waals surface area contributed by atoms with E-state index in [0.29, 0.717) is 13.2 Å². The lowest BCUT2D eigenvalue weighted by Gasteiger charge is -2.50. The lowest BCUT2D eigenvalue weighted by atomic mass is 9.65. The molecule has 4 atom stereocenters. The Kier molecular flexibility index (Phi) is 4.68. The highest BCUT2D eigenvalue weighted by atomic mass is 16.8. The van der Waals surface area contributed by atoms with Gasteiger partial charge in [0.1, 0.15) is 5.60 Å². The van der Waals surface area contributed by atoms with Crippen molar-refractivity contribution < 1.29 is 23.7 Å². The number of carbonyl (C=O) groups excluding carboxylic acids is 1. The molecule has 1 aliphatic heterocycles. The normalized spacial score (nSPS) is 30.9. The van der Waals surface area contributed by atoms with Crippen LogP contribution in [0, 0.1) is 6.92 Å². The second-order valence-electron chi connectivity index (χ2n) is 7.40. The van der Waals surface area contributed by atoms with Gasteiger partial charge in [-0.1, -0.05) is 48.5 Å². The lowest BCUT2D eigenvalue weighted by Crippen LogP contribution is -2.60. The highest BCUT2D eigenvalue weighted by molar-refractivity contribution is 5.66. The van der Waals surface area contributed by atoms with Crippen molar-refractivity contribution in [3.05, 3.63) is 70.8 Å². The Morgan fingerprint density at radius 2 is 1.43 bits per heavy atom. The minimum Gasteiger partial charge on any atom is -0.423 e. The summed E-state index contributed by atoms with van der Waals surface area (Å²) in [5.74, 6) is 0. The van der Waals surface area contributed by atoms with Crippen LogP contribution in [0.2, 0.25) is 0 Å². The second kappa shape index (κ2) is 6.90. The van der Waals surface area contributed by atoms with Crippen molar-refractivity contribution in [2.75, 3.05) is 13.2 Å². The van der Waals surface area contributed by atoms with Crippen LogP contribution in [-0.4, -0.2) is 31.6 Å². The highest BCUT2D eigenvalue weighted by Crippen LogP contribution is 2.55. The van der Waals surface area contributed by atoms with E-state index in [0.717, 1.165) is 22.3 Å². The summed E-state index contributed by atoms with van der Waals surface area (Å²) in [5, 5.41) is 0. The maximum absolute atomic E-state index is 12.3. The molecule has 1 aliphatic carbocycles. The van der Waals surface area contributed by atoms with Gasteiger partial charge in [-0.05, 0) is 49.9 Å². The highest BCUT2D eigenvalue weighted by Gasteiger charge is 2.66. The van der Waals surface area contributed by atoms with Crippen molar-refractivity contribution >= 4 is 6.16 Å². The van der Waals surface area contributed by atoms with Gasteiger partial charge in [-0.15, -0.1) is 0 Å². The molecule has 148 valence electrons. The maximum atomic E-state index is 12.3. The first-order valence-corrected chi connectivity index (χ1v) is 9.80. The Balaban J connectivity index is 2.07. The Hall–Kier alpha value is -2.37. The Labute approximate surface area is 165 Å². The fourth-order valence-corrected chi connectivity index (χ4v) is 4.82. The second-order valence-corrected chi connectivity index (χ2v) is 7.40. The van der Waals surface area contributed by atoms with Crippen molar-refractivity contribution in [2.24, 2.45) is 0 Å². The third kappa shape index (κ3) is 2.50. The van der Waals surface area contributed by atoms with Crippen molar-refractivity contribution in [2.45, 2.75) is 51.1 Å². The fourth-order valence-electron chi connectivity index (χ4n) is 4.82. The quantitative estimate of drug-likeness (QED) is 0.716. The van der Waals surface area contributed by atoms with Crippen LogP contribution in [0.25, 0.3) is 0 Å². The summed E-state index contributed by atoms with van der Waals surface area (Å²) in [6, 6.07) is 16.1. The molecule has 0 N–H and O–H groups in total. The topological polar surface area (TPSA) is 54.0 Å². The zero-order chi connectivity index (χ0) is 19.9.